The third-order valence-corrected chi connectivity index (χ3v) is 9.30. The zero-order chi connectivity index (χ0) is 25.5. The molecule has 0 spiro atoms. The average Bonchev–Trinajstić information content (AvgIpc) is 3.69. The van der Waals surface area contributed by atoms with Gasteiger partial charge >= 0.3 is 0 Å². The van der Waals surface area contributed by atoms with Crippen molar-refractivity contribution in [2.24, 2.45) is 0 Å². The molecule has 0 unspecified atom stereocenters. The summed E-state index contributed by atoms with van der Waals surface area (Å²) in [5.74, 6) is 0. The molecule has 6 aromatic carbocycles. The predicted molar refractivity (Wildman–Crippen MR) is 169 cm³/mol. The average molecular weight is 515 g/mol. The van der Waals surface area contributed by atoms with Crippen LogP contribution in [0.5, 0.6) is 0 Å². The number of H-pyrrole nitrogens is 2. The van der Waals surface area contributed by atoms with Crippen molar-refractivity contribution in [3.05, 3.63) is 121 Å². The van der Waals surface area contributed by atoms with E-state index >= 15 is 0 Å². The topological polar surface area (TPSA) is 31.6 Å². The molecule has 3 aromatic heterocycles. The number of hydrogen-bond donors (Lipinski definition) is 2. The van der Waals surface area contributed by atoms with Crippen molar-refractivity contribution in [1.82, 2.24) is 9.97 Å². The number of benzene rings is 6. The van der Waals surface area contributed by atoms with Gasteiger partial charge in [-0.2, -0.15) is 0 Å². The first-order valence-electron chi connectivity index (χ1n) is 13.3. The largest absolute Gasteiger partial charge is 0.354 e. The fourth-order valence-electron chi connectivity index (χ4n) is 6.43. The number of hydrogen-bond acceptors (Lipinski definition) is 1. The minimum Gasteiger partial charge on any atom is -0.354 e. The highest BCUT2D eigenvalue weighted by Crippen LogP contribution is 2.44. The minimum absolute atomic E-state index is 1.13. The van der Waals surface area contributed by atoms with Crippen LogP contribution in [0.25, 0.3) is 86.0 Å². The van der Waals surface area contributed by atoms with Gasteiger partial charge in [-0.05, 0) is 46.2 Å². The van der Waals surface area contributed by atoms with E-state index in [2.05, 4.69) is 131 Å². The maximum absolute atomic E-state index is 3.91. The maximum Gasteiger partial charge on any atom is 0.0565 e. The van der Waals surface area contributed by atoms with E-state index in [1.165, 1.54) is 74.8 Å². The summed E-state index contributed by atoms with van der Waals surface area (Å²) in [6.45, 7) is 0. The zero-order valence-electron chi connectivity index (χ0n) is 21.0. The summed E-state index contributed by atoms with van der Waals surface area (Å²) in [6, 6.07) is 44.1. The van der Waals surface area contributed by atoms with Gasteiger partial charge in [0.15, 0.2) is 0 Å². The van der Waals surface area contributed by atoms with Gasteiger partial charge in [-0.1, -0.05) is 97.1 Å². The van der Waals surface area contributed by atoms with Crippen LogP contribution in [0.2, 0.25) is 0 Å². The molecule has 0 fully saturated rings. The van der Waals surface area contributed by atoms with E-state index in [0.29, 0.717) is 0 Å². The lowest BCUT2D eigenvalue weighted by molar-refractivity contribution is 1.46. The molecule has 3 heteroatoms. The molecule has 0 atom stereocenters. The fraction of sp³-hybridized carbons (Fsp3) is 0. The first-order valence-corrected chi connectivity index (χ1v) is 14.1. The SMILES string of the molecule is c1ccc2c(-c3ccc4c([nH]c5ccccc54)c3-c3cc4ccc5sc6ccccc6c5c4[nH]3)cccc2c1. The molecule has 0 aliphatic rings. The maximum atomic E-state index is 3.91. The van der Waals surface area contributed by atoms with Crippen LogP contribution in [0.15, 0.2) is 121 Å². The molecule has 0 aliphatic carbocycles. The molecule has 0 saturated heterocycles. The Hall–Kier alpha value is -4.86. The van der Waals surface area contributed by atoms with Crippen LogP contribution in [-0.2, 0) is 0 Å². The Morgan fingerprint density at radius 2 is 1.26 bits per heavy atom. The van der Waals surface area contributed by atoms with Crippen molar-refractivity contribution in [3.63, 3.8) is 0 Å². The van der Waals surface area contributed by atoms with E-state index in [0.717, 1.165) is 11.2 Å². The van der Waals surface area contributed by atoms with E-state index in [1.54, 1.807) is 0 Å². The number of thiophene rings is 1. The molecular formula is C36H22N2S. The molecule has 2 N–H and O–H groups in total. The highest BCUT2D eigenvalue weighted by molar-refractivity contribution is 7.26. The van der Waals surface area contributed by atoms with Crippen LogP contribution < -0.4 is 0 Å². The number of fused-ring (bicyclic) bond motifs is 9. The Kier molecular flexibility index (Phi) is 4.24. The Labute approximate surface area is 228 Å². The van der Waals surface area contributed by atoms with Gasteiger partial charge in [-0.3, -0.25) is 0 Å². The summed E-state index contributed by atoms with van der Waals surface area (Å²) in [4.78, 5) is 7.71. The Morgan fingerprint density at radius 3 is 2.21 bits per heavy atom. The van der Waals surface area contributed by atoms with Crippen molar-refractivity contribution >= 4 is 75.0 Å². The quantitative estimate of drug-likeness (QED) is 0.230. The van der Waals surface area contributed by atoms with Gasteiger partial charge in [0, 0.05) is 53.1 Å². The molecule has 182 valence electrons. The molecule has 39 heavy (non-hydrogen) atoms. The van der Waals surface area contributed by atoms with E-state index in [9.17, 15) is 0 Å². The summed E-state index contributed by atoms with van der Waals surface area (Å²) < 4.78 is 2.64. The van der Waals surface area contributed by atoms with Gasteiger partial charge < -0.3 is 9.97 Å². The van der Waals surface area contributed by atoms with E-state index in [1.807, 2.05) is 11.3 Å². The Morgan fingerprint density at radius 1 is 0.462 bits per heavy atom. The minimum atomic E-state index is 1.13. The summed E-state index contributed by atoms with van der Waals surface area (Å²) >= 11 is 1.86. The second-order valence-corrected chi connectivity index (χ2v) is 11.4. The summed E-state index contributed by atoms with van der Waals surface area (Å²) in [6.07, 6.45) is 0. The molecule has 0 saturated carbocycles. The molecule has 0 bridgehead atoms. The summed E-state index contributed by atoms with van der Waals surface area (Å²) in [5.41, 5.74) is 8.34. The lowest BCUT2D eigenvalue weighted by Gasteiger charge is -2.13. The van der Waals surface area contributed by atoms with Gasteiger partial charge in [0.2, 0.25) is 0 Å². The lowest BCUT2D eigenvalue weighted by atomic mass is 9.91. The van der Waals surface area contributed by atoms with Crippen molar-refractivity contribution < 1.29 is 0 Å². The second kappa shape index (κ2) is 7.83. The third-order valence-electron chi connectivity index (χ3n) is 8.17. The van der Waals surface area contributed by atoms with Gasteiger partial charge in [0.1, 0.15) is 0 Å². The van der Waals surface area contributed by atoms with E-state index in [4.69, 9.17) is 0 Å². The lowest BCUT2D eigenvalue weighted by Crippen LogP contribution is -1.89. The van der Waals surface area contributed by atoms with Crippen LogP contribution in [0.1, 0.15) is 0 Å². The molecule has 0 radical (unpaired) electrons. The first kappa shape index (κ1) is 21.1. The fourth-order valence-corrected chi connectivity index (χ4v) is 7.55. The van der Waals surface area contributed by atoms with Gasteiger partial charge in [0.05, 0.1) is 11.0 Å². The monoisotopic (exact) mass is 514 g/mol. The van der Waals surface area contributed by atoms with Crippen molar-refractivity contribution in [3.8, 4) is 22.4 Å². The normalized spacial score (nSPS) is 12.1. The number of nitrogens with one attached hydrogen (secondary N) is 2. The van der Waals surface area contributed by atoms with Crippen LogP contribution in [0.4, 0.5) is 0 Å². The summed E-state index contributed by atoms with van der Waals surface area (Å²) in [5, 5.41) is 8.87. The van der Waals surface area contributed by atoms with Gasteiger partial charge in [-0.15, -0.1) is 11.3 Å². The molecule has 2 nitrogen and oxygen atoms in total. The number of aromatic nitrogens is 2. The van der Waals surface area contributed by atoms with Crippen LogP contribution in [0.3, 0.4) is 0 Å². The summed E-state index contributed by atoms with van der Waals surface area (Å²) in [7, 11) is 0. The van der Waals surface area contributed by atoms with Crippen molar-refractivity contribution in [2.45, 2.75) is 0 Å². The van der Waals surface area contributed by atoms with Crippen LogP contribution in [-0.4, -0.2) is 9.97 Å². The zero-order valence-corrected chi connectivity index (χ0v) is 21.8. The molecule has 3 heterocycles. The van der Waals surface area contributed by atoms with Crippen LogP contribution >= 0.6 is 11.3 Å². The third kappa shape index (κ3) is 2.96. The Bertz CT molecular complexity index is 2390. The van der Waals surface area contributed by atoms with Gasteiger partial charge in [-0.25, -0.2) is 0 Å². The smallest absolute Gasteiger partial charge is 0.0565 e. The van der Waals surface area contributed by atoms with Crippen LogP contribution in [0, 0.1) is 0 Å². The van der Waals surface area contributed by atoms with Crippen molar-refractivity contribution in [1.29, 1.82) is 0 Å². The number of para-hydroxylation sites is 1. The Balaban J connectivity index is 1.43. The molecular weight excluding hydrogens is 492 g/mol. The molecule has 9 aromatic rings. The molecule has 0 aliphatic heterocycles. The second-order valence-electron chi connectivity index (χ2n) is 10.3. The van der Waals surface area contributed by atoms with Gasteiger partial charge in [0.25, 0.3) is 0 Å². The molecule has 0 amide bonds. The number of aromatic amines is 2. The number of rotatable bonds is 2. The standard InChI is InChI=1S/C36H22N2S/c1-2-10-23-21(8-1)9-7-13-24(23)26-17-18-27-25-11-3-5-14-29(25)37-36(27)33(26)30-20-22-16-19-32-34(35(22)38-30)28-12-4-6-15-31(28)39-32/h1-20,37-38H. The first-order chi connectivity index (χ1) is 19.3. The van der Waals surface area contributed by atoms with E-state index in [-0.39, 0.29) is 0 Å². The highest BCUT2D eigenvalue weighted by Gasteiger charge is 2.19. The van der Waals surface area contributed by atoms with E-state index < -0.39 is 0 Å². The van der Waals surface area contributed by atoms with Crippen molar-refractivity contribution in [2.75, 3.05) is 0 Å². The molecule has 9 rings (SSSR count). The highest BCUT2D eigenvalue weighted by atomic mass is 32.1. The predicted octanol–water partition coefficient (Wildman–Crippen LogP) is 10.7.